The van der Waals surface area contributed by atoms with Crippen LogP contribution in [0, 0.1) is 0 Å². The minimum Gasteiger partial charge on any atom is -0.254 e. The van der Waals surface area contributed by atoms with Crippen LogP contribution in [0.2, 0.25) is 0 Å². The molecule has 0 rings (SSSR count). The van der Waals surface area contributed by atoms with E-state index in [-0.39, 0.29) is 37.7 Å². The van der Waals surface area contributed by atoms with Gasteiger partial charge in [0, 0.05) is 37.7 Å². The molecular formula is BCaF3. The second-order valence-corrected chi connectivity index (χ2v) is 0.247. The number of hydrogen-bond acceptors (Lipinski definition) is 0. The summed E-state index contributed by atoms with van der Waals surface area (Å²) in [6.07, 6.45) is 0. The third-order valence-electron chi connectivity index (χ3n) is 0. The van der Waals surface area contributed by atoms with Crippen LogP contribution in [0.15, 0.2) is 0 Å². The van der Waals surface area contributed by atoms with Crippen LogP contribution in [-0.2, 0) is 0 Å². The Morgan fingerprint density at radius 3 is 1.00 bits per heavy atom. The molecule has 26 valence electrons. The molecule has 0 bridgehead atoms. The van der Waals surface area contributed by atoms with E-state index in [4.69, 9.17) is 0 Å². The van der Waals surface area contributed by atoms with Crippen molar-refractivity contribution in [1.82, 2.24) is 0 Å². The van der Waals surface area contributed by atoms with Crippen molar-refractivity contribution in [2.45, 2.75) is 0 Å². The number of hydrogen-bond donors (Lipinski definition) is 0. The molecule has 0 heterocycles. The molecule has 0 fully saturated rings. The summed E-state index contributed by atoms with van der Waals surface area (Å²) >= 11 is 0. The molecule has 0 aliphatic heterocycles. The second-order valence-electron chi connectivity index (χ2n) is 0.247. The van der Waals surface area contributed by atoms with Crippen LogP contribution in [0.1, 0.15) is 0 Å². The molecule has 0 spiro atoms. The Bertz CT molecular complexity index is 11.6. The van der Waals surface area contributed by atoms with Crippen molar-refractivity contribution in [1.29, 1.82) is 0 Å². The molecule has 0 saturated carbocycles. The SMILES string of the molecule is FB(F)F.[Ca]. The van der Waals surface area contributed by atoms with Crippen LogP contribution in [0.3, 0.4) is 0 Å². The first-order valence-corrected chi connectivity index (χ1v) is 0.655. The Balaban J connectivity index is 0. The minimum absolute atomic E-state index is 0. The molecule has 0 nitrogen and oxygen atoms in total. The predicted octanol–water partition coefficient (Wildman–Crippen LogP) is 0.499. The normalized spacial score (nSPS) is 5.40. The van der Waals surface area contributed by atoms with Gasteiger partial charge in [-0.15, -0.1) is 0 Å². The summed E-state index contributed by atoms with van der Waals surface area (Å²) in [6, 6.07) is 0. The molecular weight excluding hydrogens is 108 g/mol. The second kappa shape index (κ2) is 5.11. The molecule has 0 N–H and O–H groups in total. The number of rotatable bonds is 0. The van der Waals surface area contributed by atoms with E-state index < -0.39 is 7.54 Å². The first-order valence-electron chi connectivity index (χ1n) is 0.655. The van der Waals surface area contributed by atoms with Crippen LogP contribution in [0.5, 0.6) is 0 Å². The molecule has 0 aromatic rings. The average Bonchev–Trinajstić information content (AvgIpc) is 0.811. The molecule has 0 amide bonds. The Hall–Kier alpha value is 1.11. The summed E-state index contributed by atoms with van der Waals surface area (Å²) in [5, 5.41) is 0. The zero-order valence-corrected chi connectivity index (χ0v) is 4.63. The third-order valence-corrected chi connectivity index (χ3v) is 0. The molecule has 0 atom stereocenters. The van der Waals surface area contributed by atoms with Crippen molar-refractivity contribution in [2.24, 2.45) is 0 Å². The van der Waals surface area contributed by atoms with E-state index in [1.165, 1.54) is 0 Å². The van der Waals surface area contributed by atoms with Gasteiger partial charge in [-0.25, -0.2) is 0 Å². The van der Waals surface area contributed by atoms with E-state index in [2.05, 4.69) is 0 Å². The first kappa shape index (κ1) is 9.45. The van der Waals surface area contributed by atoms with E-state index in [1.54, 1.807) is 0 Å². The largest absolute Gasteiger partial charge is 0.762 e. The fraction of sp³-hybridized carbons (Fsp3) is 0. The standard InChI is InChI=1S/BF3.Ca/c2-1(3)4;. The van der Waals surface area contributed by atoms with Gasteiger partial charge in [-0.3, -0.25) is 12.9 Å². The van der Waals surface area contributed by atoms with Crippen LogP contribution < -0.4 is 0 Å². The summed E-state index contributed by atoms with van der Waals surface area (Å²) in [4.78, 5) is 0. The maximum atomic E-state index is 9.67. The Morgan fingerprint density at radius 1 is 1.00 bits per heavy atom. The summed E-state index contributed by atoms with van der Waals surface area (Å²) in [7, 11) is -3.67. The average molecular weight is 108 g/mol. The van der Waals surface area contributed by atoms with Gasteiger partial charge >= 0.3 is 7.54 Å². The topological polar surface area (TPSA) is 0 Å². The van der Waals surface area contributed by atoms with Crippen molar-refractivity contribution in [3.63, 3.8) is 0 Å². The van der Waals surface area contributed by atoms with Gasteiger partial charge in [0.15, 0.2) is 0 Å². The van der Waals surface area contributed by atoms with Crippen LogP contribution in [-0.4, -0.2) is 45.3 Å². The molecule has 0 aliphatic carbocycles. The van der Waals surface area contributed by atoms with E-state index in [0.29, 0.717) is 0 Å². The smallest absolute Gasteiger partial charge is 0.254 e. The molecule has 5 heavy (non-hydrogen) atoms. The molecule has 5 heteroatoms. The molecule has 2 radical (unpaired) electrons. The van der Waals surface area contributed by atoms with Crippen LogP contribution in [0.4, 0.5) is 12.9 Å². The molecule has 0 saturated heterocycles. The van der Waals surface area contributed by atoms with Gasteiger partial charge in [0.2, 0.25) is 0 Å². The zero-order chi connectivity index (χ0) is 3.58. The Labute approximate surface area is 58.0 Å². The first-order chi connectivity index (χ1) is 1.73. The summed E-state index contributed by atoms with van der Waals surface area (Å²) in [6.45, 7) is 0. The van der Waals surface area contributed by atoms with Gasteiger partial charge in [-0.1, -0.05) is 0 Å². The molecule has 0 aromatic carbocycles. The molecule has 0 aromatic heterocycles. The Kier molecular flexibility index (Phi) is 9.66. The van der Waals surface area contributed by atoms with E-state index >= 15 is 0 Å². The Morgan fingerprint density at radius 2 is 1.00 bits per heavy atom. The van der Waals surface area contributed by atoms with E-state index in [1.807, 2.05) is 0 Å². The van der Waals surface area contributed by atoms with Gasteiger partial charge in [0.05, 0.1) is 0 Å². The summed E-state index contributed by atoms with van der Waals surface area (Å²) in [5.74, 6) is 0. The van der Waals surface area contributed by atoms with E-state index in [9.17, 15) is 12.9 Å². The zero-order valence-electron chi connectivity index (χ0n) is 2.42. The minimum atomic E-state index is -3.67. The monoisotopic (exact) mass is 108 g/mol. The summed E-state index contributed by atoms with van der Waals surface area (Å²) < 4.78 is 29.0. The van der Waals surface area contributed by atoms with Gasteiger partial charge in [-0.2, -0.15) is 0 Å². The fourth-order valence-electron chi connectivity index (χ4n) is 0. The van der Waals surface area contributed by atoms with Crippen LogP contribution in [0.25, 0.3) is 0 Å². The van der Waals surface area contributed by atoms with Gasteiger partial charge in [0.1, 0.15) is 0 Å². The predicted molar refractivity (Wildman–Crippen MR) is 14.8 cm³/mol. The number of halogens is 3. The molecule has 0 aliphatic rings. The maximum absolute atomic E-state index is 9.67. The third kappa shape index (κ3) is 39.9. The van der Waals surface area contributed by atoms with Gasteiger partial charge in [0.25, 0.3) is 0 Å². The maximum Gasteiger partial charge on any atom is 0.762 e. The van der Waals surface area contributed by atoms with Crippen LogP contribution >= 0.6 is 0 Å². The van der Waals surface area contributed by atoms with Crippen molar-refractivity contribution in [2.75, 3.05) is 0 Å². The summed E-state index contributed by atoms with van der Waals surface area (Å²) in [5.41, 5.74) is 0. The quantitative estimate of drug-likeness (QED) is 0.396. The van der Waals surface area contributed by atoms with Crippen molar-refractivity contribution in [3.05, 3.63) is 0 Å². The fourth-order valence-corrected chi connectivity index (χ4v) is 0. The molecule has 0 unspecified atom stereocenters. The van der Waals surface area contributed by atoms with Crippen molar-refractivity contribution in [3.8, 4) is 0 Å². The van der Waals surface area contributed by atoms with Gasteiger partial charge in [-0.05, 0) is 0 Å². The van der Waals surface area contributed by atoms with Crippen molar-refractivity contribution >= 4 is 45.3 Å². The van der Waals surface area contributed by atoms with Crippen molar-refractivity contribution < 1.29 is 12.9 Å². The van der Waals surface area contributed by atoms with Gasteiger partial charge < -0.3 is 0 Å². The van der Waals surface area contributed by atoms with E-state index in [0.717, 1.165) is 0 Å².